The molecule has 0 aliphatic rings. The molecule has 0 radical (unpaired) electrons. The molecule has 0 spiro atoms. The molecule has 1 aromatic heterocycles. The summed E-state index contributed by atoms with van der Waals surface area (Å²) in [4.78, 5) is 15.8. The lowest BCUT2D eigenvalue weighted by Gasteiger charge is -2.05. The van der Waals surface area contributed by atoms with Gasteiger partial charge in [0.2, 0.25) is 0 Å². The van der Waals surface area contributed by atoms with Crippen LogP contribution >= 0.6 is 0 Å². The number of unbranched alkanes of at least 4 members (excludes halogenated alkanes) is 7. The number of hydrogen-bond donors (Lipinski definition) is 2. The predicted molar refractivity (Wildman–Crippen MR) is 83.6 cm³/mol. The summed E-state index contributed by atoms with van der Waals surface area (Å²) in [6.45, 7) is 2.95. The summed E-state index contributed by atoms with van der Waals surface area (Å²) in [6.07, 6.45) is 10.1. The van der Waals surface area contributed by atoms with Crippen molar-refractivity contribution in [1.82, 2.24) is 10.3 Å². The summed E-state index contributed by atoms with van der Waals surface area (Å²) in [6, 6.07) is 5.10. The monoisotopic (exact) mass is 277 g/mol. The minimum atomic E-state index is -0.139. The first kappa shape index (κ1) is 16.5. The van der Waals surface area contributed by atoms with Crippen LogP contribution < -0.4 is 11.1 Å². The highest BCUT2D eigenvalue weighted by Gasteiger charge is 2.05. The summed E-state index contributed by atoms with van der Waals surface area (Å²) < 4.78 is 0. The fourth-order valence-electron chi connectivity index (χ4n) is 2.13. The van der Waals surface area contributed by atoms with E-state index >= 15 is 0 Å². The minimum Gasteiger partial charge on any atom is -0.384 e. The average Bonchev–Trinajstić information content (AvgIpc) is 2.45. The lowest BCUT2D eigenvalue weighted by Crippen LogP contribution is -2.25. The molecule has 112 valence electrons. The highest BCUT2D eigenvalue weighted by Crippen LogP contribution is 2.08. The summed E-state index contributed by atoms with van der Waals surface area (Å²) >= 11 is 0. The second kappa shape index (κ2) is 10.2. The molecule has 0 atom stereocenters. The van der Waals surface area contributed by atoms with Crippen LogP contribution in [0.4, 0.5) is 5.82 Å². The van der Waals surface area contributed by atoms with E-state index in [4.69, 9.17) is 5.73 Å². The van der Waals surface area contributed by atoms with E-state index in [0.29, 0.717) is 18.1 Å². The number of nitrogens with zero attached hydrogens (tertiary/aromatic N) is 1. The molecule has 0 saturated carbocycles. The first-order valence-electron chi connectivity index (χ1n) is 7.74. The van der Waals surface area contributed by atoms with Crippen molar-refractivity contribution in [1.29, 1.82) is 0 Å². The Morgan fingerprint density at radius 2 is 1.75 bits per heavy atom. The average molecular weight is 277 g/mol. The number of hydrogen-bond acceptors (Lipinski definition) is 3. The van der Waals surface area contributed by atoms with Gasteiger partial charge in [-0.15, -0.1) is 0 Å². The quantitative estimate of drug-likeness (QED) is 0.643. The van der Waals surface area contributed by atoms with Crippen LogP contribution in [0.2, 0.25) is 0 Å². The molecule has 0 fully saturated rings. The van der Waals surface area contributed by atoms with E-state index in [-0.39, 0.29) is 5.91 Å². The SMILES string of the molecule is CCCCCCCCCCNC(=O)c1cccc(N)n1. The van der Waals surface area contributed by atoms with Crippen molar-refractivity contribution >= 4 is 11.7 Å². The van der Waals surface area contributed by atoms with Crippen LogP contribution in [0.5, 0.6) is 0 Å². The maximum absolute atomic E-state index is 11.8. The van der Waals surface area contributed by atoms with Crippen LogP contribution in [0.3, 0.4) is 0 Å². The lowest BCUT2D eigenvalue weighted by molar-refractivity contribution is 0.0948. The topological polar surface area (TPSA) is 68.0 Å². The zero-order chi connectivity index (χ0) is 14.6. The Morgan fingerprint density at radius 1 is 1.10 bits per heavy atom. The molecule has 3 N–H and O–H groups in total. The Labute approximate surface area is 122 Å². The van der Waals surface area contributed by atoms with Crippen molar-refractivity contribution in [3.8, 4) is 0 Å². The number of nitrogens with two attached hydrogens (primary N) is 1. The lowest BCUT2D eigenvalue weighted by atomic mass is 10.1. The molecule has 0 bridgehead atoms. The fraction of sp³-hybridized carbons (Fsp3) is 0.625. The van der Waals surface area contributed by atoms with Gasteiger partial charge in [0.1, 0.15) is 11.5 Å². The van der Waals surface area contributed by atoms with Gasteiger partial charge in [0.05, 0.1) is 0 Å². The number of rotatable bonds is 10. The Hall–Kier alpha value is -1.58. The molecule has 0 saturated heterocycles. The number of nitrogens with one attached hydrogen (secondary N) is 1. The number of anilines is 1. The number of carbonyl (C=O) groups excluding carboxylic acids is 1. The van der Waals surface area contributed by atoms with Gasteiger partial charge in [-0.3, -0.25) is 4.79 Å². The first-order chi connectivity index (χ1) is 9.74. The van der Waals surface area contributed by atoms with Crippen LogP contribution in [0.15, 0.2) is 18.2 Å². The Morgan fingerprint density at radius 3 is 2.40 bits per heavy atom. The summed E-state index contributed by atoms with van der Waals surface area (Å²) in [5.41, 5.74) is 5.94. The molecule has 4 heteroatoms. The van der Waals surface area contributed by atoms with Gasteiger partial charge >= 0.3 is 0 Å². The van der Waals surface area contributed by atoms with Crippen LogP contribution in [0, 0.1) is 0 Å². The highest BCUT2D eigenvalue weighted by molar-refractivity contribution is 5.92. The van der Waals surface area contributed by atoms with Crippen LogP contribution in [0.25, 0.3) is 0 Å². The molecule has 1 heterocycles. The second-order valence-electron chi connectivity index (χ2n) is 5.18. The van der Waals surface area contributed by atoms with Gasteiger partial charge in [-0.05, 0) is 18.6 Å². The van der Waals surface area contributed by atoms with Crippen molar-refractivity contribution in [3.63, 3.8) is 0 Å². The molecule has 0 aliphatic carbocycles. The van der Waals surface area contributed by atoms with Gasteiger partial charge in [0, 0.05) is 6.54 Å². The molecule has 0 unspecified atom stereocenters. The van der Waals surface area contributed by atoms with E-state index in [0.717, 1.165) is 6.42 Å². The molecule has 1 aromatic rings. The molecule has 20 heavy (non-hydrogen) atoms. The third-order valence-corrected chi connectivity index (χ3v) is 3.32. The number of aromatic nitrogens is 1. The molecule has 0 aliphatic heterocycles. The number of pyridine rings is 1. The highest BCUT2D eigenvalue weighted by atomic mass is 16.1. The molecule has 1 rings (SSSR count). The number of amides is 1. The molecular weight excluding hydrogens is 250 g/mol. The van der Waals surface area contributed by atoms with Crippen molar-refractivity contribution in [3.05, 3.63) is 23.9 Å². The summed E-state index contributed by atoms with van der Waals surface area (Å²) in [5.74, 6) is 0.241. The van der Waals surface area contributed by atoms with Gasteiger partial charge in [-0.1, -0.05) is 57.9 Å². The predicted octanol–water partition coefficient (Wildman–Crippen LogP) is 3.53. The zero-order valence-electron chi connectivity index (χ0n) is 12.5. The molecular formula is C16H27N3O. The normalized spacial score (nSPS) is 10.4. The van der Waals surface area contributed by atoms with Crippen molar-refractivity contribution in [2.75, 3.05) is 12.3 Å². The standard InChI is InChI=1S/C16H27N3O/c1-2-3-4-5-6-7-8-9-13-18-16(20)14-11-10-12-15(17)19-14/h10-12H,2-9,13H2,1H3,(H2,17,19)(H,18,20). The van der Waals surface area contributed by atoms with Crippen molar-refractivity contribution < 1.29 is 4.79 Å². The van der Waals surface area contributed by atoms with E-state index in [1.54, 1.807) is 18.2 Å². The van der Waals surface area contributed by atoms with Gasteiger partial charge < -0.3 is 11.1 Å². The number of nitrogen functional groups attached to an aromatic ring is 1. The van der Waals surface area contributed by atoms with E-state index in [1.807, 2.05) is 0 Å². The molecule has 0 aromatic carbocycles. The Kier molecular flexibility index (Phi) is 8.43. The van der Waals surface area contributed by atoms with E-state index < -0.39 is 0 Å². The van der Waals surface area contributed by atoms with Crippen molar-refractivity contribution in [2.24, 2.45) is 0 Å². The zero-order valence-corrected chi connectivity index (χ0v) is 12.5. The second-order valence-corrected chi connectivity index (χ2v) is 5.18. The maximum Gasteiger partial charge on any atom is 0.269 e. The molecule has 4 nitrogen and oxygen atoms in total. The summed E-state index contributed by atoms with van der Waals surface area (Å²) in [7, 11) is 0. The van der Waals surface area contributed by atoms with Crippen LogP contribution in [0.1, 0.15) is 68.8 Å². The Balaban J connectivity index is 2.02. The van der Waals surface area contributed by atoms with Gasteiger partial charge in [-0.25, -0.2) is 4.98 Å². The molecule has 1 amide bonds. The van der Waals surface area contributed by atoms with Crippen LogP contribution in [-0.4, -0.2) is 17.4 Å². The third-order valence-electron chi connectivity index (χ3n) is 3.32. The summed E-state index contributed by atoms with van der Waals surface area (Å²) in [5, 5.41) is 2.88. The minimum absolute atomic E-state index is 0.139. The van der Waals surface area contributed by atoms with E-state index in [2.05, 4.69) is 17.2 Å². The number of carbonyl (C=O) groups is 1. The smallest absolute Gasteiger partial charge is 0.269 e. The van der Waals surface area contributed by atoms with E-state index in [9.17, 15) is 4.79 Å². The largest absolute Gasteiger partial charge is 0.384 e. The maximum atomic E-state index is 11.8. The van der Waals surface area contributed by atoms with Gasteiger partial charge in [-0.2, -0.15) is 0 Å². The third kappa shape index (κ3) is 7.12. The van der Waals surface area contributed by atoms with E-state index in [1.165, 1.54) is 44.9 Å². The Bertz CT molecular complexity index is 393. The van der Waals surface area contributed by atoms with Crippen LogP contribution in [-0.2, 0) is 0 Å². The van der Waals surface area contributed by atoms with Gasteiger partial charge in [0.15, 0.2) is 0 Å². The fourth-order valence-corrected chi connectivity index (χ4v) is 2.13. The first-order valence-corrected chi connectivity index (χ1v) is 7.74. The van der Waals surface area contributed by atoms with Gasteiger partial charge in [0.25, 0.3) is 5.91 Å². The van der Waals surface area contributed by atoms with Crippen molar-refractivity contribution in [2.45, 2.75) is 58.3 Å².